The molecular weight excluding hydrogens is 384 g/mol. The summed E-state index contributed by atoms with van der Waals surface area (Å²) in [5.74, 6) is 0.524. The molecule has 1 aromatic heterocycles. The maximum Gasteiger partial charge on any atom is 0.265 e. The van der Waals surface area contributed by atoms with Gasteiger partial charge in [-0.2, -0.15) is 0 Å². The van der Waals surface area contributed by atoms with E-state index in [0.29, 0.717) is 5.75 Å². The van der Waals surface area contributed by atoms with E-state index in [1.165, 1.54) is 22.0 Å². The summed E-state index contributed by atoms with van der Waals surface area (Å²) >= 11 is 0. The lowest BCUT2D eigenvalue weighted by molar-refractivity contribution is -0.122. The van der Waals surface area contributed by atoms with Crippen LogP contribution in [0.1, 0.15) is 40.2 Å². The van der Waals surface area contributed by atoms with E-state index in [4.69, 9.17) is 4.74 Å². The number of rotatable bonds is 5. The summed E-state index contributed by atoms with van der Waals surface area (Å²) in [4.78, 5) is 12.8. The third-order valence-corrected chi connectivity index (χ3v) is 5.76. The molecule has 0 aliphatic heterocycles. The third kappa shape index (κ3) is 4.15. The van der Waals surface area contributed by atoms with Gasteiger partial charge < -0.3 is 14.6 Å². The number of benzene rings is 3. The number of hydrogen-bond donors (Lipinski definition) is 1. The first-order valence-corrected chi connectivity index (χ1v) is 10.9. The molecular formula is C27H30N2O2. The van der Waals surface area contributed by atoms with E-state index >= 15 is 0 Å². The zero-order valence-corrected chi connectivity index (χ0v) is 18.9. The van der Waals surface area contributed by atoms with Gasteiger partial charge in [-0.1, -0.05) is 51.1 Å². The average molecular weight is 415 g/mol. The fourth-order valence-electron chi connectivity index (χ4n) is 4.01. The highest BCUT2D eigenvalue weighted by atomic mass is 16.5. The minimum absolute atomic E-state index is 0.0844. The van der Waals surface area contributed by atoms with Crippen molar-refractivity contribution in [3.8, 4) is 5.75 Å². The van der Waals surface area contributed by atoms with Gasteiger partial charge >= 0.3 is 0 Å². The quantitative estimate of drug-likeness (QED) is 0.404. The summed E-state index contributed by atoms with van der Waals surface area (Å²) in [7, 11) is 0. The number of para-hydroxylation sites is 1. The minimum atomic E-state index is -0.604. The lowest BCUT2D eigenvalue weighted by Crippen LogP contribution is -2.30. The number of aryl methyl sites for hydroxylation is 1. The molecule has 3 aromatic carbocycles. The van der Waals surface area contributed by atoms with Crippen LogP contribution in [-0.2, 0) is 16.8 Å². The number of anilines is 1. The van der Waals surface area contributed by atoms with Crippen LogP contribution in [0.15, 0.2) is 66.7 Å². The Morgan fingerprint density at radius 2 is 1.65 bits per heavy atom. The van der Waals surface area contributed by atoms with Crippen molar-refractivity contribution in [3.63, 3.8) is 0 Å². The molecule has 0 spiro atoms. The number of aromatic nitrogens is 1. The second-order valence-electron chi connectivity index (χ2n) is 9.02. The number of nitrogens with zero attached hydrogens (tertiary/aromatic N) is 1. The highest BCUT2D eigenvalue weighted by molar-refractivity contribution is 6.10. The van der Waals surface area contributed by atoms with Gasteiger partial charge in [0.2, 0.25) is 0 Å². The molecule has 0 saturated heterocycles. The van der Waals surface area contributed by atoms with Crippen molar-refractivity contribution in [2.75, 3.05) is 5.32 Å². The zero-order chi connectivity index (χ0) is 22.2. The van der Waals surface area contributed by atoms with Crippen molar-refractivity contribution in [3.05, 3.63) is 72.3 Å². The van der Waals surface area contributed by atoms with E-state index in [9.17, 15) is 4.79 Å². The van der Waals surface area contributed by atoms with Crippen molar-refractivity contribution in [2.45, 2.75) is 52.7 Å². The maximum atomic E-state index is 12.8. The average Bonchev–Trinajstić information content (AvgIpc) is 3.06. The fourth-order valence-corrected chi connectivity index (χ4v) is 4.01. The second kappa shape index (κ2) is 8.10. The van der Waals surface area contributed by atoms with Crippen LogP contribution in [-0.4, -0.2) is 16.6 Å². The van der Waals surface area contributed by atoms with Crippen molar-refractivity contribution in [1.29, 1.82) is 0 Å². The molecule has 160 valence electrons. The van der Waals surface area contributed by atoms with Crippen LogP contribution in [0.3, 0.4) is 0 Å². The Morgan fingerprint density at radius 3 is 2.32 bits per heavy atom. The van der Waals surface area contributed by atoms with Gasteiger partial charge in [-0.05, 0) is 61.2 Å². The van der Waals surface area contributed by atoms with Gasteiger partial charge in [-0.15, -0.1) is 0 Å². The van der Waals surface area contributed by atoms with Gasteiger partial charge in [0.15, 0.2) is 6.10 Å². The first kappa shape index (κ1) is 21.0. The highest BCUT2D eigenvalue weighted by Crippen LogP contribution is 2.31. The maximum absolute atomic E-state index is 12.8. The molecule has 0 bridgehead atoms. The summed E-state index contributed by atoms with van der Waals surface area (Å²) in [5, 5.41) is 5.34. The van der Waals surface area contributed by atoms with Crippen molar-refractivity contribution in [1.82, 2.24) is 4.57 Å². The van der Waals surface area contributed by atoms with Gasteiger partial charge in [0.1, 0.15) is 5.75 Å². The summed E-state index contributed by atoms with van der Waals surface area (Å²) in [5.41, 5.74) is 4.47. The number of fused-ring (bicyclic) bond motifs is 3. The van der Waals surface area contributed by atoms with Crippen LogP contribution < -0.4 is 10.1 Å². The molecule has 4 heteroatoms. The Morgan fingerprint density at radius 1 is 0.968 bits per heavy atom. The molecule has 0 unspecified atom stereocenters. The Labute approximate surface area is 183 Å². The smallest absolute Gasteiger partial charge is 0.265 e. The Bertz CT molecular complexity index is 1230. The summed E-state index contributed by atoms with van der Waals surface area (Å²) in [6, 6.07) is 22.4. The standard InChI is InChI=1S/C27H30N2O2/c1-6-29-24-10-8-7-9-22(24)23-17-20(13-16-25(23)29)28-26(30)18(2)31-21-14-11-19(12-15-21)27(3,4)5/h7-18H,6H2,1-5H3,(H,28,30)/t18-/m1/s1. The molecule has 1 atom stereocenters. The van der Waals surface area contributed by atoms with E-state index in [2.05, 4.69) is 74.0 Å². The molecule has 0 saturated carbocycles. The predicted octanol–water partition coefficient (Wildman–Crippen LogP) is 6.52. The van der Waals surface area contributed by atoms with E-state index in [-0.39, 0.29) is 11.3 Å². The monoisotopic (exact) mass is 414 g/mol. The van der Waals surface area contributed by atoms with Crippen molar-refractivity contribution < 1.29 is 9.53 Å². The third-order valence-electron chi connectivity index (χ3n) is 5.76. The molecule has 1 N–H and O–H groups in total. The predicted molar refractivity (Wildman–Crippen MR) is 129 cm³/mol. The van der Waals surface area contributed by atoms with Gasteiger partial charge in [0.05, 0.1) is 0 Å². The van der Waals surface area contributed by atoms with E-state index in [1.807, 2.05) is 30.3 Å². The number of amides is 1. The normalized spacial score (nSPS) is 12.8. The first-order chi connectivity index (χ1) is 14.8. The molecule has 0 fully saturated rings. The summed E-state index contributed by atoms with van der Waals surface area (Å²) < 4.78 is 8.17. The van der Waals surface area contributed by atoms with Crippen LogP contribution in [0.4, 0.5) is 5.69 Å². The molecule has 4 rings (SSSR count). The molecule has 0 aliphatic rings. The van der Waals surface area contributed by atoms with Gasteiger partial charge in [-0.3, -0.25) is 4.79 Å². The van der Waals surface area contributed by atoms with Crippen LogP contribution in [0, 0.1) is 0 Å². The molecule has 4 aromatic rings. The molecule has 0 radical (unpaired) electrons. The SMILES string of the molecule is CCn1c2ccccc2c2cc(NC(=O)[C@@H](C)Oc3ccc(C(C)(C)C)cc3)ccc21. The number of nitrogens with one attached hydrogen (secondary N) is 1. The van der Waals surface area contributed by atoms with Crippen LogP contribution in [0.25, 0.3) is 21.8 Å². The topological polar surface area (TPSA) is 43.3 Å². The minimum Gasteiger partial charge on any atom is -0.481 e. The molecule has 31 heavy (non-hydrogen) atoms. The summed E-state index contributed by atoms with van der Waals surface area (Å²) in [6.45, 7) is 11.3. The highest BCUT2D eigenvalue weighted by Gasteiger charge is 2.18. The first-order valence-electron chi connectivity index (χ1n) is 10.9. The van der Waals surface area contributed by atoms with Gasteiger partial charge in [0, 0.05) is 34.0 Å². The van der Waals surface area contributed by atoms with Crippen molar-refractivity contribution >= 4 is 33.4 Å². The molecule has 1 amide bonds. The number of hydrogen-bond acceptors (Lipinski definition) is 2. The lowest BCUT2D eigenvalue weighted by Gasteiger charge is -2.20. The van der Waals surface area contributed by atoms with E-state index in [1.54, 1.807) is 6.92 Å². The van der Waals surface area contributed by atoms with Crippen LogP contribution >= 0.6 is 0 Å². The Kier molecular flexibility index (Phi) is 5.48. The van der Waals surface area contributed by atoms with Crippen LogP contribution in [0.2, 0.25) is 0 Å². The van der Waals surface area contributed by atoms with Gasteiger partial charge in [0.25, 0.3) is 5.91 Å². The second-order valence-corrected chi connectivity index (χ2v) is 9.02. The fraction of sp³-hybridized carbons (Fsp3) is 0.296. The largest absolute Gasteiger partial charge is 0.481 e. The van der Waals surface area contributed by atoms with Gasteiger partial charge in [-0.25, -0.2) is 0 Å². The van der Waals surface area contributed by atoms with Crippen molar-refractivity contribution in [2.24, 2.45) is 0 Å². The molecule has 0 aliphatic carbocycles. The Balaban J connectivity index is 1.52. The zero-order valence-electron chi connectivity index (χ0n) is 18.9. The Hall–Kier alpha value is -3.27. The number of carbonyl (C=O) groups is 1. The number of carbonyl (C=O) groups excluding carboxylic acids is 1. The molecule has 1 heterocycles. The van der Waals surface area contributed by atoms with E-state index in [0.717, 1.165) is 17.6 Å². The lowest BCUT2D eigenvalue weighted by atomic mass is 9.87. The van der Waals surface area contributed by atoms with E-state index < -0.39 is 6.10 Å². The summed E-state index contributed by atoms with van der Waals surface area (Å²) in [6.07, 6.45) is -0.604. The number of ether oxygens (including phenoxy) is 1. The molecule has 4 nitrogen and oxygen atoms in total. The van der Waals surface area contributed by atoms with Crippen LogP contribution in [0.5, 0.6) is 5.75 Å².